The van der Waals surface area contributed by atoms with Crippen LogP contribution < -0.4 is 20.3 Å². The maximum atomic E-state index is 13.0. The SMILES string of the molecule is COc1ccc(NC(=O)c2ccc3c(=O)n(-c4ccccc4OC)cnc3c2)cc1. The number of fused-ring (bicyclic) bond motifs is 1. The third kappa shape index (κ3) is 3.60. The number of methoxy groups -OCH3 is 2. The number of nitrogens with zero attached hydrogens (tertiary/aromatic N) is 2. The number of nitrogens with one attached hydrogen (secondary N) is 1. The summed E-state index contributed by atoms with van der Waals surface area (Å²) in [6.45, 7) is 0. The predicted molar refractivity (Wildman–Crippen MR) is 115 cm³/mol. The minimum Gasteiger partial charge on any atom is -0.497 e. The molecule has 3 aromatic carbocycles. The Morgan fingerprint density at radius 2 is 1.73 bits per heavy atom. The van der Waals surface area contributed by atoms with Crippen LogP contribution in [0.1, 0.15) is 10.4 Å². The summed E-state index contributed by atoms with van der Waals surface area (Å²) in [5.41, 5.74) is 1.83. The van der Waals surface area contributed by atoms with E-state index in [9.17, 15) is 9.59 Å². The lowest BCUT2D eigenvalue weighted by Gasteiger charge is -2.11. The summed E-state index contributed by atoms with van der Waals surface area (Å²) in [7, 11) is 3.13. The van der Waals surface area contributed by atoms with E-state index >= 15 is 0 Å². The monoisotopic (exact) mass is 401 g/mol. The van der Waals surface area contributed by atoms with Gasteiger partial charge in [0.2, 0.25) is 0 Å². The van der Waals surface area contributed by atoms with Crippen molar-refractivity contribution in [3.63, 3.8) is 0 Å². The molecule has 0 spiro atoms. The second-order valence-corrected chi connectivity index (χ2v) is 6.51. The average molecular weight is 401 g/mol. The van der Waals surface area contributed by atoms with Crippen molar-refractivity contribution in [2.75, 3.05) is 19.5 Å². The summed E-state index contributed by atoms with van der Waals surface area (Å²) in [6, 6.07) is 19.1. The number of amides is 1. The van der Waals surface area contributed by atoms with Gasteiger partial charge in [-0.1, -0.05) is 12.1 Å². The third-order valence-electron chi connectivity index (χ3n) is 4.71. The van der Waals surface area contributed by atoms with E-state index in [-0.39, 0.29) is 11.5 Å². The minimum absolute atomic E-state index is 0.244. The third-order valence-corrected chi connectivity index (χ3v) is 4.71. The Morgan fingerprint density at radius 1 is 0.967 bits per heavy atom. The highest BCUT2D eigenvalue weighted by molar-refractivity contribution is 6.06. The van der Waals surface area contributed by atoms with Gasteiger partial charge in [-0.3, -0.25) is 14.2 Å². The molecule has 1 amide bonds. The molecule has 0 aliphatic heterocycles. The van der Waals surface area contributed by atoms with Gasteiger partial charge in [0.1, 0.15) is 17.8 Å². The van der Waals surface area contributed by atoms with Crippen molar-refractivity contribution in [1.29, 1.82) is 0 Å². The first-order chi connectivity index (χ1) is 14.6. The summed E-state index contributed by atoms with van der Waals surface area (Å²) < 4.78 is 11.9. The molecule has 0 saturated heterocycles. The van der Waals surface area contributed by atoms with E-state index in [0.717, 1.165) is 0 Å². The molecule has 4 aromatic rings. The first kappa shape index (κ1) is 19.2. The highest BCUT2D eigenvalue weighted by atomic mass is 16.5. The van der Waals surface area contributed by atoms with Crippen LogP contribution in [0.3, 0.4) is 0 Å². The molecule has 0 aliphatic carbocycles. The van der Waals surface area contributed by atoms with E-state index in [1.165, 1.54) is 10.9 Å². The van der Waals surface area contributed by atoms with Crippen molar-refractivity contribution in [2.45, 2.75) is 0 Å². The topological polar surface area (TPSA) is 82.5 Å². The number of hydrogen-bond acceptors (Lipinski definition) is 5. The van der Waals surface area contributed by atoms with Crippen LogP contribution in [0.15, 0.2) is 77.9 Å². The first-order valence-corrected chi connectivity index (χ1v) is 9.21. The van der Waals surface area contributed by atoms with Gasteiger partial charge in [0, 0.05) is 11.3 Å². The number of rotatable bonds is 5. The maximum absolute atomic E-state index is 13.0. The van der Waals surface area contributed by atoms with E-state index < -0.39 is 0 Å². The standard InChI is InChI=1S/C23H19N3O4/c1-29-17-10-8-16(9-11-17)25-22(27)15-7-12-18-19(13-15)24-14-26(23(18)28)20-5-3-4-6-21(20)30-2/h3-14H,1-2H3,(H,25,27). The molecule has 150 valence electrons. The summed E-state index contributed by atoms with van der Waals surface area (Å²) in [5.74, 6) is 0.975. The van der Waals surface area contributed by atoms with Crippen LogP contribution in [-0.2, 0) is 0 Å². The molecule has 1 aromatic heterocycles. The van der Waals surface area contributed by atoms with Crippen molar-refractivity contribution >= 4 is 22.5 Å². The average Bonchev–Trinajstić information content (AvgIpc) is 2.79. The quantitative estimate of drug-likeness (QED) is 0.552. The van der Waals surface area contributed by atoms with Crippen LogP contribution in [0.4, 0.5) is 5.69 Å². The van der Waals surface area contributed by atoms with Crippen molar-refractivity contribution < 1.29 is 14.3 Å². The Bertz CT molecular complexity index is 1280. The highest BCUT2D eigenvalue weighted by Gasteiger charge is 2.13. The zero-order valence-corrected chi connectivity index (χ0v) is 16.5. The van der Waals surface area contributed by atoms with Crippen molar-refractivity contribution in [2.24, 2.45) is 0 Å². The molecule has 4 rings (SSSR count). The van der Waals surface area contributed by atoms with E-state index in [1.807, 2.05) is 12.1 Å². The molecule has 1 N–H and O–H groups in total. The number of carbonyl (C=O) groups is 1. The number of aromatic nitrogens is 2. The number of carbonyl (C=O) groups excluding carboxylic acids is 1. The number of hydrogen-bond donors (Lipinski definition) is 1. The molecule has 0 atom stereocenters. The molecular formula is C23H19N3O4. The zero-order valence-electron chi connectivity index (χ0n) is 16.5. The van der Waals surface area contributed by atoms with Gasteiger partial charge in [-0.15, -0.1) is 0 Å². The lowest BCUT2D eigenvalue weighted by molar-refractivity contribution is 0.102. The fourth-order valence-electron chi connectivity index (χ4n) is 3.14. The molecule has 0 fully saturated rings. The molecule has 1 heterocycles. The Balaban J connectivity index is 1.66. The highest BCUT2D eigenvalue weighted by Crippen LogP contribution is 2.21. The summed E-state index contributed by atoms with van der Waals surface area (Å²) in [4.78, 5) is 30.0. The van der Waals surface area contributed by atoms with Crippen LogP contribution >= 0.6 is 0 Å². The van der Waals surface area contributed by atoms with Crippen molar-refractivity contribution in [1.82, 2.24) is 9.55 Å². The zero-order chi connectivity index (χ0) is 21.1. The van der Waals surface area contributed by atoms with Gasteiger partial charge < -0.3 is 14.8 Å². The van der Waals surface area contributed by atoms with Gasteiger partial charge in [-0.25, -0.2) is 4.98 Å². The van der Waals surface area contributed by atoms with Gasteiger partial charge in [-0.05, 0) is 54.6 Å². The normalized spacial score (nSPS) is 10.6. The molecule has 30 heavy (non-hydrogen) atoms. The fourth-order valence-corrected chi connectivity index (χ4v) is 3.14. The van der Waals surface area contributed by atoms with Gasteiger partial charge in [0.05, 0.1) is 30.8 Å². The molecule has 0 bridgehead atoms. The molecule has 7 heteroatoms. The second-order valence-electron chi connectivity index (χ2n) is 6.51. The van der Waals surface area contributed by atoms with Crippen LogP contribution in [0.2, 0.25) is 0 Å². The van der Waals surface area contributed by atoms with Crippen molar-refractivity contribution in [3.8, 4) is 17.2 Å². The fraction of sp³-hybridized carbons (Fsp3) is 0.0870. The van der Waals surface area contributed by atoms with Gasteiger partial charge in [-0.2, -0.15) is 0 Å². The number of benzene rings is 3. The lowest BCUT2D eigenvalue weighted by atomic mass is 10.1. The molecule has 0 saturated carbocycles. The van der Waals surface area contributed by atoms with Crippen LogP contribution in [0, 0.1) is 0 Å². The summed E-state index contributed by atoms with van der Waals surface area (Å²) in [5, 5.41) is 3.23. The smallest absolute Gasteiger partial charge is 0.265 e. The largest absolute Gasteiger partial charge is 0.497 e. The molecule has 0 unspecified atom stereocenters. The van der Waals surface area contributed by atoms with E-state index in [1.54, 1.807) is 68.8 Å². The number of ether oxygens (including phenoxy) is 2. The van der Waals surface area contributed by atoms with Crippen LogP contribution in [0.25, 0.3) is 16.6 Å². The number of anilines is 1. The van der Waals surface area contributed by atoms with Gasteiger partial charge in [0.15, 0.2) is 0 Å². The number of para-hydroxylation sites is 2. The molecule has 0 aliphatic rings. The summed E-state index contributed by atoms with van der Waals surface area (Å²) in [6.07, 6.45) is 1.44. The van der Waals surface area contributed by atoms with Crippen molar-refractivity contribution in [3.05, 3.63) is 89.0 Å². The lowest BCUT2D eigenvalue weighted by Crippen LogP contribution is -2.20. The summed E-state index contributed by atoms with van der Waals surface area (Å²) >= 11 is 0. The minimum atomic E-state index is -0.294. The Labute approximate surface area is 172 Å². The second kappa shape index (κ2) is 8.08. The Hall–Kier alpha value is -4.13. The van der Waals surface area contributed by atoms with Gasteiger partial charge in [0.25, 0.3) is 11.5 Å². The Kier molecular flexibility index (Phi) is 5.17. The molecule has 7 nitrogen and oxygen atoms in total. The van der Waals surface area contributed by atoms with Crippen LogP contribution in [-0.4, -0.2) is 29.7 Å². The van der Waals surface area contributed by atoms with E-state index in [2.05, 4.69) is 10.3 Å². The first-order valence-electron chi connectivity index (χ1n) is 9.21. The van der Waals surface area contributed by atoms with Crippen LogP contribution in [0.5, 0.6) is 11.5 Å². The van der Waals surface area contributed by atoms with E-state index in [4.69, 9.17) is 9.47 Å². The Morgan fingerprint density at radius 3 is 2.47 bits per heavy atom. The predicted octanol–water partition coefficient (Wildman–Crippen LogP) is 3.66. The maximum Gasteiger partial charge on any atom is 0.265 e. The molecule has 0 radical (unpaired) electrons. The molecular weight excluding hydrogens is 382 g/mol. The van der Waals surface area contributed by atoms with E-state index in [0.29, 0.717) is 39.3 Å². The van der Waals surface area contributed by atoms with Gasteiger partial charge >= 0.3 is 0 Å².